The Kier molecular flexibility index (Phi) is 4.89. The summed E-state index contributed by atoms with van der Waals surface area (Å²) in [6.07, 6.45) is 2.36. The maximum absolute atomic E-state index is 12.3. The number of aromatic nitrogens is 6. The molecule has 4 rings (SSSR count). The van der Waals surface area contributed by atoms with E-state index >= 15 is 0 Å². The third kappa shape index (κ3) is 3.57. The summed E-state index contributed by atoms with van der Waals surface area (Å²) in [5.41, 5.74) is 1.11. The van der Waals surface area contributed by atoms with Crippen LogP contribution in [0.1, 0.15) is 35.4 Å². The predicted molar refractivity (Wildman–Crippen MR) is 99.7 cm³/mol. The Morgan fingerprint density at radius 1 is 1.22 bits per heavy atom. The Bertz CT molecular complexity index is 972. The minimum atomic E-state index is -0.0663. The van der Waals surface area contributed by atoms with Crippen molar-refractivity contribution in [1.82, 2.24) is 29.1 Å². The smallest absolute Gasteiger partial charge is 0.345 e. The minimum absolute atomic E-state index is 0.0663. The van der Waals surface area contributed by atoms with E-state index in [0.717, 1.165) is 30.3 Å². The molecule has 0 saturated carbocycles. The summed E-state index contributed by atoms with van der Waals surface area (Å²) in [6.45, 7) is 1.85. The van der Waals surface area contributed by atoms with Crippen molar-refractivity contribution < 1.29 is 4.74 Å². The van der Waals surface area contributed by atoms with Gasteiger partial charge in [0.25, 0.3) is 0 Å². The van der Waals surface area contributed by atoms with E-state index in [1.54, 1.807) is 18.7 Å². The van der Waals surface area contributed by atoms with Gasteiger partial charge in [-0.15, -0.1) is 0 Å². The molecule has 8 nitrogen and oxygen atoms in total. The lowest BCUT2D eigenvalue weighted by molar-refractivity contribution is 0.200. The molecule has 0 fully saturated rings. The molecule has 2 aromatic heterocycles. The highest BCUT2D eigenvalue weighted by Crippen LogP contribution is 2.26. The highest BCUT2D eigenvalue weighted by Gasteiger charge is 2.28. The fourth-order valence-electron chi connectivity index (χ4n) is 3.63. The quantitative estimate of drug-likeness (QED) is 0.652. The average molecular weight is 368 g/mol. The molecule has 0 aliphatic carbocycles. The maximum Gasteiger partial charge on any atom is 0.345 e. The Labute approximate surface area is 157 Å². The molecule has 3 heterocycles. The molecule has 1 aromatic carbocycles. The van der Waals surface area contributed by atoms with E-state index in [9.17, 15) is 4.79 Å². The zero-order valence-electron chi connectivity index (χ0n) is 15.7. The van der Waals surface area contributed by atoms with E-state index < -0.39 is 0 Å². The number of aryl methyl sites for hydroxylation is 2. The Morgan fingerprint density at radius 3 is 2.81 bits per heavy atom. The van der Waals surface area contributed by atoms with Crippen LogP contribution in [0.3, 0.4) is 0 Å². The van der Waals surface area contributed by atoms with E-state index in [4.69, 9.17) is 14.8 Å². The van der Waals surface area contributed by atoms with Gasteiger partial charge in [0, 0.05) is 39.5 Å². The van der Waals surface area contributed by atoms with Crippen LogP contribution in [0.15, 0.2) is 35.1 Å². The van der Waals surface area contributed by atoms with E-state index in [0.29, 0.717) is 26.1 Å². The molecule has 0 unspecified atom stereocenters. The fraction of sp³-hybridized carbons (Fsp3) is 0.474. The third-order valence-electron chi connectivity index (χ3n) is 5.02. The lowest BCUT2D eigenvalue weighted by Gasteiger charge is -2.22. The topological polar surface area (TPSA) is 79.8 Å². The van der Waals surface area contributed by atoms with Crippen molar-refractivity contribution in [3.63, 3.8) is 0 Å². The van der Waals surface area contributed by atoms with Crippen molar-refractivity contribution in [2.45, 2.75) is 38.3 Å². The summed E-state index contributed by atoms with van der Waals surface area (Å²) in [5.74, 6) is 2.72. The highest BCUT2D eigenvalue weighted by atomic mass is 16.5. The van der Waals surface area contributed by atoms with Gasteiger partial charge in [-0.05, 0) is 12.0 Å². The van der Waals surface area contributed by atoms with Crippen LogP contribution in [0.2, 0.25) is 0 Å². The van der Waals surface area contributed by atoms with Gasteiger partial charge in [0.05, 0.1) is 13.2 Å². The van der Waals surface area contributed by atoms with Crippen molar-refractivity contribution >= 4 is 0 Å². The molecule has 8 heteroatoms. The van der Waals surface area contributed by atoms with Crippen molar-refractivity contribution in [3.05, 3.63) is 63.9 Å². The third-order valence-corrected chi connectivity index (χ3v) is 5.02. The van der Waals surface area contributed by atoms with E-state index in [2.05, 4.69) is 17.2 Å². The van der Waals surface area contributed by atoms with Gasteiger partial charge in [0.2, 0.25) is 0 Å². The molecule has 0 saturated heterocycles. The first-order valence-corrected chi connectivity index (χ1v) is 9.25. The van der Waals surface area contributed by atoms with Gasteiger partial charge < -0.3 is 4.74 Å². The van der Waals surface area contributed by atoms with Gasteiger partial charge >= 0.3 is 5.69 Å². The second-order valence-electron chi connectivity index (χ2n) is 6.94. The monoisotopic (exact) mass is 368 g/mol. The van der Waals surface area contributed by atoms with Gasteiger partial charge in [0.15, 0.2) is 5.82 Å². The van der Waals surface area contributed by atoms with Gasteiger partial charge in [0.1, 0.15) is 11.6 Å². The highest BCUT2D eigenvalue weighted by molar-refractivity contribution is 5.16. The van der Waals surface area contributed by atoms with Gasteiger partial charge in [-0.1, -0.05) is 30.3 Å². The van der Waals surface area contributed by atoms with Crippen molar-refractivity contribution in [1.29, 1.82) is 0 Å². The molecule has 142 valence electrons. The Morgan fingerprint density at radius 2 is 2.04 bits per heavy atom. The van der Waals surface area contributed by atoms with Crippen molar-refractivity contribution in [2.75, 3.05) is 13.7 Å². The SMILES string of the molecule is COCCc1nc([C@@H]2CCc3nn(C)c(=O)n3C2)n(Cc2ccccc2)n1. The van der Waals surface area contributed by atoms with E-state index in [-0.39, 0.29) is 11.6 Å². The lowest BCUT2D eigenvalue weighted by atomic mass is 9.98. The number of hydrogen-bond donors (Lipinski definition) is 0. The zero-order valence-corrected chi connectivity index (χ0v) is 15.7. The predicted octanol–water partition coefficient (Wildman–Crippen LogP) is 1.14. The molecule has 3 aromatic rings. The number of methoxy groups -OCH3 is 1. The normalized spacial score (nSPS) is 16.4. The van der Waals surface area contributed by atoms with Crippen LogP contribution < -0.4 is 5.69 Å². The number of fused-ring (bicyclic) bond motifs is 1. The summed E-state index contributed by atoms with van der Waals surface area (Å²) in [5, 5.41) is 9.04. The van der Waals surface area contributed by atoms with Crippen molar-refractivity contribution in [3.8, 4) is 0 Å². The van der Waals surface area contributed by atoms with Crippen LogP contribution in [0.25, 0.3) is 0 Å². The molecule has 0 amide bonds. The first kappa shape index (κ1) is 17.7. The van der Waals surface area contributed by atoms with Crippen LogP contribution in [-0.2, 0) is 37.7 Å². The Balaban J connectivity index is 1.65. The fourth-order valence-corrected chi connectivity index (χ4v) is 3.63. The molecule has 0 N–H and O–H groups in total. The number of nitrogens with zero attached hydrogens (tertiary/aromatic N) is 6. The summed E-state index contributed by atoms with van der Waals surface area (Å²) in [4.78, 5) is 17.1. The van der Waals surface area contributed by atoms with Crippen molar-refractivity contribution in [2.24, 2.45) is 7.05 Å². The molecule has 0 bridgehead atoms. The van der Waals surface area contributed by atoms with Crippen LogP contribution in [0, 0.1) is 0 Å². The van der Waals surface area contributed by atoms with Crippen LogP contribution in [0.5, 0.6) is 0 Å². The summed E-state index contributed by atoms with van der Waals surface area (Å²) < 4.78 is 10.3. The second-order valence-corrected chi connectivity index (χ2v) is 6.94. The molecule has 1 atom stereocenters. The first-order chi connectivity index (χ1) is 13.2. The van der Waals surface area contributed by atoms with E-state index in [1.807, 2.05) is 22.9 Å². The molecular weight excluding hydrogens is 344 g/mol. The second kappa shape index (κ2) is 7.48. The summed E-state index contributed by atoms with van der Waals surface area (Å²) >= 11 is 0. The number of hydrogen-bond acceptors (Lipinski definition) is 5. The molecule has 27 heavy (non-hydrogen) atoms. The van der Waals surface area contributed by atoms with Crippen LogP contribution >= 0.6 is 0 Å². The number of ether oxygens (including phenoxy) is 1. The number of rotatable bonds is 6. The first-order valence-electron chi connectivity index (χ1n) is 9.25. The summed E-state index contributed by atoms with van der Waals surface area (Å²) in [6, 6.07) is 10.2. The minimum Gasteiger partial charge on any atom is -0.384 e. The van der Waals surface area contributed by atoms with E-state index in [1.165, 1.54) is 10.2 Å². The molecule has 1 aliphatic rings. The molecular formula is C19H24N6O2. The summed E-state index contributed by atoms with van der Waals surface area (Å²) in [7, 11) is 3.38. The lowest BCUT2D eigenvalue weighted by Crippen LogP contribution is -2.30. The zero-order chi connectivity index (χ0) is 18.8. The molecule has 0 spiro atoms. The Hall–Kier alpha value is -2.74. The van der Waals surface area contributed by atoms with Crippen LogP contribution in [-0.4, -0.2) is 42.8 Å². The van der Waals surface area contributed by atoms with Gasteiger partial charge in [-0.3, -0.25) is 4.57 Å². The molecule has 0 radical (unpaired) electrons. The largest absolute Gasteiger partial charge is 0.384 e. The number of benzene rings is 1. The maximum atomic E-state index is 12.3. The van der Waals surface area contributed by atoms with Crippen LogP contribution in [0.4, 0.5) is 0 Å². The van der Waals surface area contributed by atoms with Gasteiger partial charge in [-0.2, -0.15) is 10.2 Å². The van der Waals surface area contributed by atoms with Gasteiger partial charge in [-0.25, -0.2) is 19.1 Å². The molecule has 1 aliphatic heterocycles. The average Bonchev–Trinajstić information content (AvgIpc) is 3.21. The standard InChI is InChI=1S/C19H24N6O2/c1-23-19(26)24-13-15(8-9-17(24)22-23)18-20-16(10-11-27-2)21-25(18)12-14-6-4-3-5-7-14/h3-7,15H,8-13H2,1-2H3/t15-/m1/s1.